The van der Waals surface area contributed by atoms with Gasteiger partial charge in [-0.2, -0.15) is 0 Å². The summed E-state index contributed by atoms with van der Waals surface area (Å²) in [6.07, 6.45) is -1.14. The van der Waals surface area contributed by atoms with Gasteiger partial charge in [0.25, 0.3) is 5.56 Å². The highest BCUT2D eigenvalue weighted by Crippen LogP contribution is 2.45. The van der Waals surface area contributed by atoms with Gasteiger partial charge in [0.2, 0.25) is 5.88 Å². The number of H-pyrrole nitrogens is 1. The normalized spacial score (nSPS) is 14.9. The van der Waals surface area contributed by atoms with Crippen LogP contribution in [0.25, 0.3) is 5.69 Å². The number of hydrogen-bond donors (Lipinski definition) is 2. The van der Waals surface area contributed by atoms with Gasteiger partial charge in [-0.25, -0.2) is 4.79 Å². The molecule has 1 aliphatic rings. The minimum atomic E-state index is -1.14. The van der Waals surface area contributed by atoms with Crippen molar-refractivity contribution in [2.75, 3.05) is 14.2 Å². The van der Waals surface area contributed by atoms with E-state index in [9.17, 15) is 14.7 Å². The third kappa shape index (κ3) is 2.94. The van der Waals surface area contributed by atoms with Crippen LogP contribution in [0.15, 0.2) is 41.2 Å². The van der Waals surface area contributed by atoms with E-state index in [2.05, 4.69) is 4.98 Å². The van der Waals surface area contributed by atoms with Crippen molar-refractivity contribution in [1.82, 2.24) is 9.55 Å². The highest BCUT2D eigenvalue weighted by Gasteiger charge is 2.40. The van der Waals surface area contributed by atoms with Gasteiger partial charge in [0.1, 0.15) is 11.1 Å². The Morgan fingerprint density at radius 3 is 2.43 bits per heavy atom. The van der Waals surface area contributed by atoms with E-state index in [-0.39, 0.29) is 21.6 Å². The molecule has 2 aromatic carbocycles. The summed E-state index contributed by atoms with van der Waals surface area (Å²) in [6.45, 7) is 1.93. The largest absolute Gasteiger partial charge is 0.494 e. The van der Waals surface area contributed by atoms with E-state index in [0.717, 1.165) is 5.56 Å². The molecule has 8 nitrogen and oxygen atoms in total. The molecule has 154 valence electrons. The number of carbonyl (C=O) groups is 1. The van der Waals surface area contributed by atoms with Gasteiger partial charge in [-0.05, 0) is 37.3 Å². The van der Waals surface area contributed by atoms with E-state index in [1.165, 1.54) is 18.8 Å². The van der Waals surface area contributed by atoms with E-state index in [1.807, 2.05) is 19.1 Å². The number of rotatable bonds is 4. The van der Waals surface area contributed by atoms with Gasteiger partial charge in [0.05, 0.1) is 19.9 Å². The molecular weight excluding hydrogens is 408 g/mol. The molecule has 0 amide bonds. The molecular formula is C21H18N2O6S. The van der Waals surface area contributed by atoms with Gasteiger partial charge in [-0.3, -0.25) is 14.3 Å². The number of cyclic esters (lactones) is 1. The number of aromatic hydroxyl groups is 1. The standard InChI is InChI=1S/C21H18N2O6S/c1-10-4-6-11(7-5-10)23-19(25)15(18(24)22-21(23)30)16-12-8-9-13(27-2)17(28-3)14(12)20(26)29-16/h4-9,16,25H,1-3H3,(H,22,24,30)/t16-/m1/s1. The third-order valence-electron chi connectivity index (χ3n) is 4.96. The number of carbonyl (C=O) groups excluding carboxylic acids is 1. The average Bonchev–Trinajstić information content (AvgIpc) is 3.04. The lowest BCUT2D eigenvalue weighted by Crippen LogP contribution is -2.21. The van der Waals surface area contributed by atoms with Crippen LogP contribution in [-0.4, -0.2) is 34.8 Å². The van der Waals surface area contributed by atoms with Crippen LogP contribution in [0.5, 0.6) is 17.4 Å². The van der Waals surface area contributed by atoms with Crippen LogP contribution >= 0.6 is 12.2 Å². The smallest absolute Gasteiger partial charge is 0.343 e. The second-order valence-electron chi connectivity index (χ2n) is 6.72. The molecule has 2 N–H and O–H groups in total. The van der Waals surface area contributed by atoms with Crippen LogP contribution in [0, 0.1) is 11.7 Å². The summed E-state index contributed by atoms with van der Waals surface area (Å²) in [4.78, 5) is 27.9. The Bertz CT molecular complexity index is 1280. The summed E-state index contributed by atoms with van der Waals surface area (Å²) < 4.78 is 17.4. The summed E-state index contributed by atoms with van der Waals surface area (Å²) in [5, 5.41) is 11.0. The lowest BCUT2D eigenvalue weighted by molar-refractivity contribution is 0.0447. The number of aromatic amines is 1. The molecule has 2 heterocycles. The predicted octanol–water partition coefficient (Wildman–Crippen LogP) is 3.19. The summed E-state index contributed by atoms with van der Waals surface area (Å²) >= 11 is 5.25. The van der Waals surface area contributed by atoms with Gasteiger partial charge in [0.15, 0.2) is 22.4 Å². The lowest BCUT2D eigenvalue weighted by Gasteiger charge is -2.17. The SMILES string of the molecule is COc1ccc2c(c1OC)C(=O)O[C@H]2c1c(O)n(-c2ccc(C)cc2)c(=S)[nH]c1=O. The molecule has 0 saturated heterocycles. The van der Waals surface area contributed by atoms with E-state index in [0.29, 0.717) is 17.0 Å². The Labute approximate surface area is 176 Å². The van der Waals surface area contributed by atoms with E-state index >= 15 is 0 Å². The predicted molar refractivity (Wildman–Crippen MR) is 110 cm³/mol. The first kappa shape index (κ1) is 19.7. The fourth-order valence-corrected chi connectivity index (χ4v) is 3.81. The Balaban J connectivity index is 1.95. The summed E-state index contributed by atoms with van der Waals surface area (Å²) in [5.74, 6) is -0.547. The minimum absolute atomic E-state index is 0.0157. The van der Waals surface area contributed by atoms with Crippen LogP contribution in [0.2, 0.25) is 0 Å². The third-order valence-corrected chi connectivity index (χ3v) is 5.25. The first-order valence-electron chi connectivity index (χ1n) is 8.98. The number of aryl methyl sites for hydroxylation is 1. The Morgan fingerprint density at radius 2 is 1.80 bits per heavy atom. The molecule has 1 aliphatic heterocycles. The molecule has 0 saturated carbocycles. The summed E-state index contributed by atoms with van der Waals surface area (Å²) in [6, 6.07) is 10.4. The van der Waals surface area contributed by atoms with Gasteiger partial charge >= 0.3 is 5.97 Å². The second-order valence-corrected chi connectivity index (χ2v) is 7.10. The zero-order valence-electron chi connectivity index (χ0n) is 16.4. The number of ether oxygens (including phenoxy) is 3. The maximum atomic E-state index is 12.7. The molecule has 0 aliphatic carbocycles. The number of esters is 1. The maximum absolute atomic E-state index is 12.7. The van der Waals surface area contributed by atoms with Crippen LogP contribution in [-0.2, 0) is 4.74 Å². The highest BCUT2D eigenvalue weighted by molar-refractivity contribution is 7.71. The quantitative estimate of drug-likeness (QED) is 0.488. The number of aromatic nitrogens is 2. The first-order valence-corrected chi connectivity index (χ1v) is 9.39. The number of nitrogens with one attached hydrogen (secondary N) is 1. The number of fused-ring (bicyclic) bond motifs is 1. The van der Waals surface area contributed by atoms with Crippen molar-refractivity contribution in [2.24, 2.45) is 0 Å². The van der Waals surface area contributed by atoms with Crippen molar-refractivity contribution >= 4 is 18.2 Å². The van der Waals surface area contributed by atoms with Gasteiger partial charge in [-0.15, -0.1) is 0 Å². The topological polar surface area (TPSA) is 103 Å². The molecule has 9 heteroatoms. The van der Waals surface area contributed by atoms with Gasteiger partial charge in [0, 0.05) is 5.56 Å². The van der Waals surface area contributed by atoms with Crippen molar-refractivity contribution in [3.8, 4) is 23.1 Å². The molecule has 0 radical (unpaired) electrons. The van der Waals surface area contributed by atoms with Crippen molar-refractivity contribution < 1.29 is 24.1 Å². The van der Waals surface area contributed by atoms with Crippen molar-refractivity contribution in [1.29, 1.82) is 0 Å². The molecule has 1 atom stereocenters. The highest BCUT2D eigenvalue weighted by atomic mass is 32.1. The fraction of sp³-hybridized carbons (Fsp3) is 0.190. The number of nitrogens with zero attached hydrogens (tertiary/aromatic N) is 1. The van der Waals surface area contributed by atoms with E-state index in [1.54, 1.807) is 24.3 Å². The molecule has 3 aromatic rings. The Hall–Kier alpha value is -3.59. The van der Waals surface area contributed by atoms with Gasteiger partial charge < -0.3 is 19.3 Å². The van der Waals surface area contributed by atoms with Crippen molar-refractivity contribution in [3.05, 3.63) is 73.8 Å². The van der Waals surface area contributed by atoms with Crippen molar-refractivity contribution in [2.45, 2.75) is 13.0 Å². The molecule has 0 unspecified atom stereocenters. The molecule has 4 rings (SSSR count). The molecule has 1 aromatic heterocycles. The second kappa shape index (κ2) is 7.34. The first-order chi connectivity index (χ1) is 14.4. The summed E-state index contributed by atoms with van der Waals surface area (Å²) in [7, 11) is 2.85. The fourth-order valence-electron chi connectivity index (χ4n) is 3.52. The average molecular weight is 426 g/mol. The van der Waals surface area contributed by atoms with Gasteiger partial charge in [-0.1, -0.05) is 23.8 Å². The molecule has 0 spiro atoms. The maximum Gasteiger partial charge on any atom is 0.343 e. The monoisotopic (exact) mass is 426 g/mol. The molecule has 0 bridgehead atoms. The molecule has 30 heavy (non-hydrogen) atoms. The Kier molecular flexibility index (Phi) is 4.83. The number of hydrogen-bond acceptors (Lipinski definition) is 7. The zero-order chi connectivity index (χ0) is 21.6. The lowest BCUT2D eigenvalue weighted by atomic mass is 9.99. The van der Waals surface area contributed by atoms with Crippen LogP contribution in [0.3, 0.4) is 0 Å². The van der Waals surface area contributed by atoms with Crippen molar-refractivity contribution in [3.63, 3.8) is 0 Å². The van der Waals surface area contributed by atoms with Crippen LogP contribution in [0.4, 0.5) is 0 Å². The molecule has 0 fully saturated rings. The van der Waals surface area contributed by atoms with E-state index in [4.69, 9.17) is 26.4 Å². The minimum Gasteiger partial charge on any atom is -0.494 e. The zero-order valence-corrected chi connectivity index (χ0v) is 17.2. The van der Waals surface area contributed by atoms with Crippen LogP contribution in [0.1, 0.15) is 33.2 Å². The summed E-state index contributed by atoms with van der Waals surface area (Å²) in [5.41, 5.74) is 1.31. The number of methoxy groups -OCH3 is 2. The van der Waals surface area contributed by atoms with Crippen LogP contribution < -0.4 is 15.0 Å². The Morgan fingerprint density at radius 1 is 1.10 bits per heavy atom. The number of benzene rings is 2. The van der Waals surface area contributed by atoms with E-state index < -0.39 is 23.5 Å².